The van der Waals surface area contributed by atoms with Crippen LogP contribution < -0.4 is 9.47 Å². The Morgan fingerprint density at radius 2 is 1.03 bits per heavy atom. The predicted octanol–water partition coefficient (Wildman–Crippen LogP) is 7.89. The Morgan fingerprint density at radius 1 is 0.641 bits per heavy atom. The SMILES string of the molecule is COC(=O)CSC(C)c1ccc(-c2ccc(OC)cc2)cc1.COc1ccc(-c2ccc(C(C)=O)cc2)cc1. The lowest BCUT2D eigenvalue weighted by molar-refractivity contribution is -0.137. The van der Waals surface area contributed by atoms with Crippen molar-refractivity contribution in [1.82, 2.24) is 0 Å². The second kappa shape index (κ2) is 14.8. The van der Waals surface area contributed by atoms with Crippen LogP contribution in [0.2, 0.25) is 0 Å². The van der Waals surface area contributed by atoms with Gasteiger partial charge in [0, 0.05) is 10.8 Å². The molecule has 0 aromatic heterocycles. The molecule has 6 heteroatoms. The quantitative estimate of drug-likeness (QED) is 0.158. The van der Waals surface area contributed by atoms with E-state index >= 15 is 0 Å². The van der Waals surface area contributed by atoms with Crippen LogP contribution in [-0.2, 0) is 9.53 Å². The Labute approximate surface area is 235 Å². The molecular weight excluding hydrogens is 508 g/mol. The summed E-state index contributed by atoms with van der Waals surface area (Å²) >= 11 is 1.58. The minimum Gasteiger partial charge on any atom is -0.497 e. The molecule has 0 spiro atoms. The zero-order valence-corrected chi connectivity index (χ0v) is 23.8. The largest absolute Gasteiger partial charge is 0.497 e. The molecule has 0 N–H and O–H groups in total. The van der Waals surface area contributed by atoms with Gasteiger partial charge in [-0.25, -0.2) is 0 Å². The molecule has 0 saturated heterocycles. The number of methoxy groups -OCH3 is 3. The number of carbonyl (C=O) groups excluding carboxylic acids is 2. The van der Waals surface area contributed by atoms with E-state index in [0.29, 0.717) is 5.75 Å². The standard InChI is InChI=1S/C18H20O3S.C15H14O2/c1-13(22-12-18(19)21-3)14-4-6-15(7-5-14)16-8-10-17(20-2)11-9-16;1-11(16)12-3-5-13(6-4-12)14-7-9-15(17-2)10-8-14/h4-11,13H,12H2,1-3H3;3-10H,1-2H3. The van der Waals surface area contributed by atoms with Crippen LogP contribution in [0.5, 0.6) is 11.5 Å². The summed E-state index contributed by atoms with van der Waals surface area (Å²) in [6.45, 7) is 3.67. The van der Waals surface area contributed by atoms with Crippen LogP contribution in [0.25, 0.3) is 22.3 Å². The van der Waals surface area contributed by atoms with E-state index in [1.807, 2.05) is 72.8 Å². The second-order valence-corrected chi connectivity index (χ2v) is 10.1. The van der Waals surface area contributed by atoms with Crippen molar-refractivity contribution in [2.75, 3.05) is 27.1 Å². The summed E-state index contributed by atoms with van der Waals surface area (Å²) in [6.07, 6.45) is 0. The number of hydrogen-bond acceptors (Lipinski definition) is 6. The molecule has 0 amide bonds. The van der Waals surface area contributed by atoms with Crippen molar-refractivity contribution in [3.05, 3.63) is 108 Å². The maximum Gasteiger partial charge on any atom is 0.315 e. The van der Waals surface area contributed by atoms with Gasteiger partial charge in [-0.05, 0) is 65.9 Å². The molecule has 4 aromatic rings. The lowest BCUT2D eigenvalue weighted by Crippen LogP contribution is -2.04. The second-order valence-electron chi connectivity index (χ2n) is 8.74. The molecule has 0 saturated carbocycles. The topological polar surface area (TPSA) is 61.8 Å². The molecule has 202 valence electrons. The summed E-state index contributed by atoms with van der Waals surface area (Å²) in [4.78, 5) is 22.3. The number of ketones is 1. The fourth-order valence-corrected chi connectivity index (χ4v) is 4.61. The van der Waals surface area contributed by atoms with E-state index in [9.17, 15) is 9.59 Å². The molecule has 0 heterocycles. The van der Waals surface area contributed by atoms with Gasteiger partial charge in [0.15, 0.2) is 5.78 Å². The zero-order chi connectivity index (χ0) is 28.2. The Morgan fingerprint density at radius 3 is 1.38 bits per heavy atom. The molecule has 0 aliphatic carbocycles. The Bertz CT molecular complexity index is 1330. The first-order chi connectivity index (χ1) is 18.8. The molecule has 0 bridgehead atoms. The third-order valence-corrected chi connectivity index (χ3v) is 7.37. The molecule has 0 radical (unpaired) electrons. The highest BCUT2D eigenvalue weighted by atomic mass is 32.2. The van der Waals surface area contributed by atoms with E-state index in [-0.39, 0.29) is 17.0 Å². The summed E-state index contributed by atoms with van der Waals surface area (Å²) < 4.78 is 14.9. The number of rotatable bonds is 9. The van der Waals surface area contributed by atoms with Crippen LogP contribution in [0.15, 0.2) is 97.1 Å². The summed E-state index contributed by atoms with van der Waals surface area (Å²) in [7, 11) is 4.73. The minimum atomic E-state index is -0.188. The molecule has 1 atom stereocenters. The lowest BCUT2D eigenvalue weighted by Gasteiger charge is -2.12. The van der Waals surface area contributed by atoms with Gasteiger partial charge in [-0.1, -0.05) is 72.8 Å². The average Bonchev–Trinajstić information content (AvgIpc) is 3.00. The highest BCUT2D eigenvalue weighted by molar-refractivity contribution is 8.00. The highest BCUT2D eigenvalue weighted by Gasteiger charge is 2.10. The van der Waals surface area contributed by atoms with Crippen molar-refractivity contribution in [2.24, 2.45) is 0 Å². The molecule has 0 aliphatic heterocycles. The Kier molecular flexibility index (Phi) is 11.2. The van der Waals surface area contributed by atoms with Crippen LogP contribution in [0.1, 0.15) is 35.0 Å². The van der Waals surface area contributed by atoms with Gasteiger partial charge in [0.2, 0.25) is 0 Å². The summed E-state index contributed by atoms with van der Waals surface area (Å²) in [5, 5.41) is 0.254. The number of esters is 1. The van der Waals surface area contributed by atoms with Crippen LogP contribution >= 0.6 is 11.8 Å². The smallest absolute Gasteiger partial charge is 0.315 e. The Hall–Kier alpha value is -4.03. The highest BCUT2D eigenvalue weighted by Crippen LogP contribution is 2.30. The normalized spacial score (nSPS) is 11.0. The monoisotopic (exact) mass is 542 g/mol. The Balaban J connectivity index is 0.000000223. The van der Waals surface area contributed by atoms with Crippen LogP contribution in [0.3, 0.4) is 0 Å². The molecule has 1 unspecified atom stereocenters. The van der Waals surface area contributed by atoms with Gasteiger partial charge in [0.1, 0.15) is 11.5 Å². The number of Topliss-reactive ketones (excluding diaryl/α,β-unsaturated/α-hetero) is 1. The van der Waals surface area contributed by atoms with Crippen molar-refractivity contribution >= 4 is 23.5 Å². The summed E-state index contributed by atoms with van der Waals surface area (Å²) in [5.41, 5.74) is 6.46. The van der Waals surface area contributed by atoms with E-state index in [1.165, 1.54) is 12.7 Å². The number of carbonyl (C=O) groups is 2. The van der Waals surface area contributed by atoms with E-state index < -0.39 is 0 Å². The van der Waals surface area contributed by atoms with E-state index in [4.69, 9.17) is 9.47 Å². The fraction of sp³-hybridized carbons (Fsp3) is 0.212. The molecular formula is C33H34O5S. The predicted molar refractivity (Wildman–Crippen MR) is 160 cm³/mol. The number of ether oxygens (including phenoxy) is 3. The van der Waals surface area contributed by atoms with Crippen LogP contribution in [-0.4, -0.2) is 38.8 Å². The molecule has 4 aromatic carbocycles. The number of benzene rings is 4. The van der Waals surface area contributed by atoms with Gasteiger partial charge in [0.05, 0.1) is 27.1 Å². The fourth-order valence-electron chi connectivity index (χ4n) is 3.76. The van der Waals surface area contributed by atoms with E-state index in [0.717, 1.165) is 39.3 Å². The molecule has 4 rings (SSSR count). The van der Waals surface area contributed by atoms with Crippen molar-refractivity contribution in [2.45, 2.75) is 19.1 Å². The van der Waals surface area contributed by atoms with Crippen molar-refractivity contribution < 1.29 is 23.8 Å². The van der Waals surface area contributed by atoms with Gasteiger partial charge in [-0.15, -0.1) is 11.8 Å². The third kappa shape index (κ3) is 8.76. The third-order valence-electron chi connectivity index (χ3n) is 6.20. The number of thioether (sulfide) groups is 1. The maximum absolute atomic E-state index is 11.2. The van der Waals surface area contributed by atoms with Gasteiger partial charge in [-0.2, -0.15) is 0 Å². The van der Waals surface area contributed by atoms with Crippen molar-refractivity contribution in [1.29, 1.82) is 0 Å². The molecule has 5 nitrogen and oxygen atoms in total. The molecule has 0 fully saturated rings. The molecule has 39 heavy (non-hydrogen) atoms. The summed E-state index contributed by atoms with van der Waals surface area (Å²) in [5.74, 6) is 1.97. The van der Waals surface area contributed by atoms with Gasteiger partial charge in [-0.3, -0.25) is 9.59 Å². The van der Waals surface area contributed by atoms with Gasteiger partial charge < -0.3 is 14.2 Å². The average molecular weight is 543 g/mol. The first-order valence-corrected chi connectivity index (χ1v) is 13.6. The first kappa shape index (κ1) is 29.5. The zero-order valence-electron chi connectivity index (χ0n) is 23.0. The molecule has 0 aliphatic rings. The minimum absolute atomic E-state index is 0.0891. The maximum atomic E-state index is 11.2. The van der Waals surface area contributed by atoms with Crippen LogP contribution in [0, 0.1) is 0 Å². The van der Waals surface area contributed by atoms with Crippen molar-refractivity contribution in [3.63, 3.8) is 0 Å². The number of hydrogen-bond donors (Lipinski definition) is 0. The lowest BCUT2D eigenvalue weighted by atomic mass is 10.0. The van der Waals surface area contributed by atoms with Crippen LogP contribution in [0.4, 0.5) is 0 Å². The van der Waals surface area contributed by atoms with Gasteiger partial charge >= 0.3 is 5.97 Å². The van der Waals surface area contributed by atoms with E-state index in [2.05, 4.69) is 35.9 Å². The van der Waals surface area contributed by atoms with Crippen molar-refractivity contribution in [3.8, 4) is 33.8 Å². The van der Waals surface area contributed by atoms with E-state index in [1.54, 1.807) is 32.9 Å². The summed E-state index contributed by atoms with van der Waals surface area (Å²) in [6, 6.07) is 31.9. The van der Waals surface area contributed by atoms with Gasteiger partial charge in [0.25, 0.3) is 0 Å². The first-order valence-electron chi connectivity index (χ1n) is 12.5.